The predicted molar refractivity (Wildman–Crippen MR) is 143 cm³/mol. The van der Waals surface area contributed by atoms with Crippen LogP contribution in [0.4, 0.5) is 0 Å². The van der Waals surface area contributed by atoms with Gasteiger partial charge in [0.25, 0.3) is 5.91 Å². The second-order valence-corrected chi connectivity index (χ2v) is 10.2. The van der Waals surface area contributed by atoms with E-state index in [0.29, 0.717) is 18.7 Å². The molecule has 1 aliphatic rings. The number of nitrogens with zero attached hydrogens (tertiary/aromatic N) is 2. The second kappa shape index (κ2) is 10.0. The van der Waals surface area contributed by atoms with E-state index in [4.69, 9.17) is 0 Å². The van der Waals surface area contributed by atoms with Crippen LogP contribution in [0.5, 0.6) is 0 Å². The van der Waals surface area contributed by atoms with E-state index in [1.165, 1.54) is 16.0 Å². The van der Waals surface area contributed by atoms with Gasteiger partial charge in [-0.15, -0.1) is 11.3 Å². The van der Waals surface area contributed by atoms with Crippen molar-refractivity contribution < 1.29 is 9.59 Å². The van der Waals surface area contributed by atoms with Crippen LogP contribution < -0.4 is 0 Å². The molecule has 1 aliphatic heterocycles. The number of hydrogen-bond donors (Lipinski definition) is 0. The van der Waals surface area contributed by atoms with Crippen molar-refractivity contribution in [2.45, 2.75) is 32.7 Å². The maximum atomic E-state index is 13.8. The summed E-state index contributed by atoms with van der Waals surface area (Å²) in [6.45, 7) is 5.44. The van der Waals surface area contributed by atoms with Crippen molar-refractivity contribution in [2.24, 2.45) is 0 Å². The van der Waals surface area contributed by atoms with Gasteiger partial charge in [0.15, 0.2) is 0 Å². The summed E-state index contributed by atoms with van der Waals surface area (Å²) in [6.07, 6.45) is 1.65. The van der Waals surface area contributed by atoms with E-state index in [1.54, 1.807) is 16.2 Å². The zero-order valence-corrected chi connectivity index (χ0v) is 21.1. The van der Waals surface area contributed by atoms with Crippen LogP contribution in [0.25, 0.3) is 10.8 Å². The molecule has 178 valence electrons. The molecular weight excluding hydrogens is 452 g/mol. The minimum Gasteiger partial charge on any atom is -0.330 e. The first-order valence-electron chi connectivity index (χ1n) is 12.3. The number of fused-ring (bicyclic) bond motifs is 2. The van der Waals surface area contributed by atoms with Crippen molar-refractivity contribution in [1.82, 2.24) is 9.80 Å². The van der Waals surface area contributed by atoms with Gasteiger partial charge < -0.3 is 9.80 Å². The van der Waals surface area contributed by atoms with Crippen LogP contribution in [0.2, 0.25) is 0 Å². The summed E-state index contributed by atoms with van der Waals surface area (Å²) in [5.74, 6) is -0.0932. The van der Waals surface area contributed by atoms with Gasteiger partial charge in [-0.25, -0.2) is 0 Å². The van der Waals surface area contributed by atoms with E-state index < -0.39 is 0 Å². The number of benzene rings is 3. The van der Waals surface area contributed by atoms with E-state index in [1.807, 2.05) is 66.4 Å². The molecule has 0 aliphatic carbocycles. The van der Waals surface area contributed by atoms with Crippen molar-refractivity contribution in [3.05, 3.63) is 105 Å². The Balaban J connectivity index is 1.43. The van der Waals surface area contributed by atoms with Crippen molar-refractivity contribution in [3.8, 4) is 0 Å². The minimum atomic E-state index is -0.113. The van der Waals surface area contributed by atoms with Crippen LogP contribution in [0.3, 0.4) is 0 Å². The van der Waals surface area contributed by atoms with Crippen LogP contribution in [0.15, 0.2) is 78.2 Å². The van der Waals surface area contributed by atoms with Crippen molar-refractivity contribution >= 4 is 33.9 Å². The Labute approximate surface area is 210 Å². The molecule has 0 saturated heterocycles. The summed E-state index contributed by atoms with van der Waals surface area (Å²) in [5, 5.41) is 4.25. The molecule has 2 amide bonds. The van der Waals surface area contributed by atoms with E-state index in [2.05, 4.69) is 30.5 Å². The Hall–Kier alpha value is -3.44. The lowest BCUT2D eigenvalue weighted by Crippen LogP contribution is -2.47. The molecule has 1 unspecified atom stereocenters. The van der Waals surface area contributed by atoms with Gasteiger partial charge in [0.05, 0.1) is 6.04 Å². The quantitative estimate of drug-likeness (QED) is 0.327. The van der Waals surface area contributed by atoms with Gasteiger partial charge in [0, 0.05) is 23.5 Å². The van der Waals surface area contributed by atoms with E-state index in [9.17, 15) is 9.59 Å². The van der Waals surface area contributed by atoms with Crippen LogP contribution >= 0.6 is 11.3 Å². The molecule has 4 aromatic rings. The molecule has 1 atom stereocenters. The number of carbonyl (C=O) groups is 2. The number of aryl methyl sites for hydroxylation is 1. The van der Waals surface area contributed by atoms with Crippen LogP contribution in [-0.4, -0.2) is 41.2 Å². The molecule has 0 saturated carbocycles. The Morgan fingerprint density at radius 1 is 0.971 bits per heavy atom. The van der Waals surface area contributed by atoms with Gasteiger partial charge in [-0.3, -0.25) is 9.59 Å². The monoisotopic (exact) mass is 482 g/mol. The molecule has 0 N–H and O–H groups in total. The zero-order chi connectivity index (χ0) is 24.4. The number of thiophene rings is 1. The van der Waals surface area contributed by atoms with E-state index in [0.717, 1.165) is 29.2 Å². The minimum absolute atomic E-state index is 0.00214. The average Bonchev–Trinajstić information content (AvgIpc) is 3.36. The predicted octanol–water partition coefficient (Wildman–Crippen LogP) is 6.24. The standard InChI is InChI=1S/C30H30N2O2S/c1-3-16-31(30(34)24-13-12-22-9-5-6-10-23(22)19-24)20-28(33)32-17-14-27-26(15-18-35-27)29(32)25-11-7-4-8-21(25)2/h4-13,15,18-19,29H,3,14,16-17,20H2,1-2H3. The van der Waals surface area contributed by atoms with E-state index >= 15 is 0 Å². The Bertz CT molecular complexity index is 1380. The molecular formula is C30H30N2O2S. The lowest BCUT2D eigenvalue weighted by atomic mass is 9.90. The highest BCUT2D eigenvalue weighted by molar-refractivity contribution is 7.10. The summed E-state index contributed by atoms with van der Waals surface area (Å²) in [4.78, 5) is 32.3. The normalized spacial score (nSPS) is 15.1. The molecule has 1 aromatic heterocycles. The fraction of sp³-hybridized carbons (Fsp3) is 0.267. The van der Waals surface area contributed by atoms with Gasteiger partial charge >= 0.3 is 0 Å². The Kier molecular flexibility index (Phi) is 6.69. The summed E-state index contributed by atoms with van der Waals surface area (Å²) >= 11 is 1.77. The molecule has 2 heterocycles. The molecule has 0 bridgehead atoms. The largest absolute Gasteiger partial charge is 0.330 e. The molecule has 0 radical (unpaired) electrons. The SMILES string of the molecule is CCCN(CC(=O)N1CCc2sccc2C1c1ccccc1C)C(=O)c1ccc2ccccc2c1. The van der Waals surface area contributed by atoms with Crippen molar-refractivity contribution in [1.29, 1.82) is 0 Å². The second-order valence-electron chi connectivity index (χ2n) is 9.18. The first kappa shape index (κ1) is 23.3. The highest BCUT2D eigenvalue weighted by atomic mass is 32.1. The molecule has 5 heteroatoms. The molecule has 3 aromatic carbocycles. The highest BCUT2D eigenvalue weighted by Crippen LogP contribution is 2.39. The first-order chi connectivity index (χ1) is 17.1. The lowest BCUT2D eigenvalue weighted by Gasteiger charge is -2.38. The van der Waals surface area contributed by atoms with E-state index in [-0.39, 0.29) is 24.4 Å². The van der Waals surface area contributed by atoms with Gasteiger partial charge in [-0.1, -0.05) is 61.5 Å². The number of carbonyl (C=O) groups excluding carboxylic acids is 2. The van der Waals surface area contributed by atoms with Crippen molar-refractivity contribution in [3.63, 3.8) is 0 Å². The summed E-state index contributed by atoms with van der Waals surface area (Å²) < 4.78 is 0. The average molecular weight is 483 g/mol. The zero-order valence-electron chi connectivity index (χ0n) is 20.2. The molecule has 5 rings (SSSR count). The third-order valence-electron chi connectivity index (χ3n) is 6.87. The smallest absolute Gasteiger partial charge is 0.254 e. The van der Waals surface area contributed by atoms with Crippen LogP contribution in [0.1, 0.15) is 51.3 Å². The maximum absolute atomic E-state index is 13.8. The summed E-state index contributed by atoms with van der Waals surface area (Å²) in [6, 6.07) is 24.1. The molecule has 0 fully saturated rings. The van der Waals surface area contributed by atoms with Crippen LogP contribution in [-0.2, 0) is 11.2 Å². The van der Waals surface area contributed by atoms with Gasteiger partial charge in [-0.05, 0) is 70.8 Å². The third-order valence-corrected chi connectivity index (χ3v) is 7.87. The molecule has 0 spiro atoms. The van der Waals surface area contributed by atoms with Crippen molar-refractivity contribution in [2.75, 3.05) is 19.6 Å². The van der Waals surface area contributed by atoms with Gasteiger partial charge in [-0.2, -0.15) is 0 Å². The topological polar surface area (TPSA) is 40.6 Å². The fourth-order valence-electron chi connectivity index (χ4n) is 5.10. The number of amides is 2. The maximum Gasteiger partial charge on any atom is 0.254 e. The third kappa shape index (κ3) is 4.61. The summed E-state index contributed by atoms with van der Waals surface area (Å²) in [7, 11) is 0. The van der Waals surface area contributed by atoms with Gasteiger partial charge in [0.2, 0.25) is 5.91 Å². The fourth-order valence-corrected chi connectivity index (χ4v) is 6.00. The first-order valence-corrected chi connectivity index (χ1v) is 13.1. The Morgan fingerprint density at radius 2 is 1.74 bits per heavy atom. The molecule has 4 nitrogen and oxygen atoms in total. The summed E-state index contributed by atoms with van der Waals surface area (Å²) in [5.41, 5.74) is 4.17. The Morgan fingerprint density at radius 3 is 2.54 bits per heavy atom. The van der Waals surface area contributed by atoms with Crippen LogP contribution in [0, 0.1) is 6.92 Å². The number of rotatable bonds is 6. The number of hydrogen-bond acceptors (Lipinski definition) is 3. The highest BCUT2D eigenvalue weighted by Gasteiger charge is 2.34. The van der Waals surface area contributed by atoms with Gasteiger partial charge in [0.1, 0.15) is 6.54 Å². The lowest BCUT2D eigenvalue weighted by molar-refractivity contribution is -0.134. The molecule has 35 heavy (non-hydrogen) atoms.